The molecule has 2 fully saturated rings. The molecule has 0 saturated carbocycles. The van der Waals surface area contributed by atoms with Gasteiger partial charge in [0.25, 0.3) is 0 Å². The molecule has 0 radical (unpaired) electrons. The third-order valence-corrected chi connectivity index (χ3v) is 4.24. The molecular weight excluding hydrogens is 258 g/mol. The lowest BCUT2D eigenvalue weighted by molar-refractivity contribution is -0.124. The van der Waals surface area contributed by atoms with E-state index < -0.39 is 0 Å². The van der Waals surface area contributed by atoms with Crippen LogP contribution in [0.5, 0.6) is 5.75 Å². The van der Waals surface area contributed by atoms with Gasteiger partial charge in [-0.1, -0.05) is 24.3 Å². The number of ether oxygens (including phenoxy) is 2. The number of amides is 2. The SMILES string of the molecule is COc1ccccc1N1C(=O)[C@@H]2[C@@H](C1=O)[C@@H]1C=C[C@@H]2O1. The highest BCUT2D eigenvalue weighted by atomic mass is 16.5. The molecular formula is C15H13NO4. The molecule has 0 aliphatic carbocycles. The van der Waals surface area contributed by atoms with Crippen LogP contribution in [0.2, 0.25) is 0 Å². The van der Waals surface area contributed by atoms with Crippen LogP contribution in [0.3, 0.4) is 0 Å². The molecule has 0 N–H and O–H groups in total. The number of carbonyl (C=O) groups is 2. The maximum atomic E-state index is 12.6. The van der Waals surface area contributed by atoms with Crippen LogP contribution < -0.4 is 9.64 Å². The summed E-state index contributed by atoms with van der Waals surface area (Å²) in [6, 6.07) is 7.07. The van der Waals surface area contributed by atoms with Crippen molar-refractivity contribution in [2.75, 3.05) is 12.0 Å². The predicted molar refractivity (Wildman–Crippen MR) is 70.3 cm³/mol. The molecule has 2 bridgehead atoms. The van der Waals surface area contributed by atoms with Crippen molar-refractivity contribution >= 4 is 17.5 Å². The molecule has 2 amide bonds. The van der Waals surface area contributed by atoms with Crippen molar-refractivity contribution in [2.45, 2.75) is 12.2 Å². The molecule has 4 atom stereocenters. The lowest BCUT2D eigenvalue weighted by atomic mass is 9.85. The van der Waals surface area contributed by atoms with Gasteiger partial charge in [-0.2, -0.15) is 0 Å². The van der Waals surface area contributed by atoms with Gasteiger partial charge in [0.2, 0.25) is 11.8 Å². The van der Waals surface area contributed by atoms with E-state index in [-0.39, 0.29) is 35.9 Å². The Hall–Kier alpha value is -2.14. The molecule has 0 aromatic heterocycles. The van der Waals surface area contributed by atoms with Gasteiger partial charge < -0.3 is 9.47 Å². The molecule has 2 saturated heterocycles. The van der Waals surface area contributed by atoms with Gasteiger partial charge in [0.05, 0.1) is 36.8 Å². The monoisotopic (exact) mass is 271 g/mol. The van der Waals surface area contributed by atoms with Crippen LogP contribution in [0.15, 0.2) is 36.4 Å². The minimum atomic E-state index is -0.387. The number of anilines is 1. The number of hydrogen-bond acceptors (Lipinski definition) is 4. The first-order valence-corrected chi connectivity index (χ1v) is 6.57. The van der Waals surface area contributed by atoms with Gasteiger partial charge in [0.1, 0.15) is 5.75 Å². The van der Waals surface area contributed by atoms with Gasteiger partial charge in [-0.25, -0.2) is 4.90 Å². The van der Waals surface area contributed by atoms with E-state index in [9.17, 15) is 9.59 Å². The van der Waals surface area contributed by atoms with Gasteiger partial charge >= 0.3 is 0 Å². The fourth-order valence-corrected chi connectivity index (χ4v) is 3.36. The zero-order valence-electron chi connectivity index (χ0n) is 10.9. The van der Waals surface area contributed by atoms with E-state index in [1.54, 1.807) is 18.2 Å². The number of methoxy groups -OCH3 is 1. The molecule has 20 heavy (non-hydrogen) atoms. The number of benzene rings is 1. The fourth-order valence-electron chi connectivity index (χ4n) is 3.36. The Morgan fingerprint density at radius 3 is 2.25 bits per heavy atom. The largest absolute Gasteiger partial charge is 0.495 e. The molecule has 3 aliphatic rings. The second-order valence-corrected chi connectivity index (χ2v) is 5.19. The summed E-state index contributed by atoms with van der Waals surface area (Å²) in [5.74, 6) is -0.636. The predicted octanol–water partition coefficient (Wildman–Crippen LogP) is 1.14. The molecule has 0 spiro atoms. The maximum Gasteiger partial charge on any atom is 0.240 e. The standard InChI is InChI=1S/C15H13NO4/c1-19-9-5-3-2-4-8(9)16-14(17)12-10-6-7-11(20-10)13(12)15(16)18/h2-7,10-13H,1H3/t10-,11-,12-,13-/m0/s1. The fraction of sp³-hybridized carbons (Fsp3) is 0.333. The van der Waals surface area contributed by atoms with Crippen molar-refractivity contribution in [3.8, 4) is 5.75 Å². The topological polar surface area (TPSA) is 55.8 Å². The van der Waals surface area contributed by atoms with Crippen molar-refractivity contribution in [2.24, 2.45) is 11.8 Å². The maximum absolute atomic E-state index is 12.6. The van der Waals surface area contributed by atoms with Crippen molar-refractivity contribution in [1.29, 1.82) is 0 Å². The minimum absolute atomic E-state index is 0.193. The first-order chi connectivity index (χ1) is 9.72. The average Bonchev–Trinajstić information content (AvgIpc) is 3.13. The highest BCUT2D eigenvalue weighted by molar-refractivity contribution is 6.23. The van der Waals surface area contributed by atoms with Crippen LogP contribution in [0.1, 0.15) is 0 Å². The summed E-state index contributed by atoms with van der Waals surface area (Å²) < 4.78 is 10.9. The number of imide groups is 1. The molecule has 1 aromatic rings. The highest BCUT2D eigenvalue weighted by Crippen LogP contribution is 2.47. The van der Waals surface area contributed by atoms with Crippen LogP contribution in [0.25, 0.3) is 0 Å². The number of rotatable bonds is 2. The summed E-state index contributed by atoms with van der Waals surface area (Å²) in [6.45, 7) is 0. The lowest BCUT2D eigenvalue weighted by Gasteiger charge is -2.19. The Kier molecular flexibility index (Phi) is 2.29. The van der Waals surface area contributed by atoms with Crippen LogP contribution in [-0.4, -0.2) is 31.1 Å². The van der Waals surface area contributed by atoms with Gasteiger partial charge in [-0.05, 0) is 12.1 Å². The van der Waals surface area contributed by atoms with E-state index in [4.69, 9.17) is 9.47 Å². The van der Waals surface area contributed by atoms with Gasteiger partial charge in [0, 0.05) is 0 Å². The summed E-state index contributed by atoms with van der Waals surface area (Å²) >= 11 is 0. The van der Waals surface area contributed by atoms with Crippen molar-refractivity contribution < 1.29 is 19.1 Å². The minimum Gasteiger partial charge on any atom is -0.495 e. The number of para-hydroxylation sites is 2. The van der Waals surface area contributed by atoms with Gasteiger partial charge in [-0.3, -0.25) is 9.59 Å². The number of hydrogen-bond donors (Lipinski definition) is 0. The lowest BCUT2D eigenvalue weighted by Crippen LogP contribution is -2.34. The molecule has 1 aromatic carbocycles. The Morgan fingerprint density at radius 2 is 1.65 bits per heavy atom. The van der Waals surface area contributed by atoms with E-state index in [0.717, 1.165) is 0 Å². The van der Waals surface area contributed by atoms with Crippen molar-refractivity contribution in [1.82, 2.24) is 0 Å². The normalized spacial score (nSPS) is 34.0. The van der Waals surface area contributed by atoms with Crippen molar-refractivity contribution in [3.05, 3.63) is 36.4 Å². The summed E-state index contributed by atoms with van der Waals surface area (Å²) in [7, 11) is 1.53. The first kappa shape index (κ1) is 11.7. The summed E-state index contributed by atoms with van der Waals surface area (Å²) in [4.78, 5) is 26.4. The second-order valence-electron chi connectivity index (χ2n) is 5.19. The summed E-state index contributed by atoms with van der Waals surface area (Å²) in [5.41, 5.74) is 0.513. The van der Waals surface area contributed by atoms with Crippen LogP contribution >= 0.6 is 0 Å². The molecule has 5 nitrogen and oxygen atoms in total. The highest BCUT2D eigenvalue weighted by Gasteiger charge is 2.61. The number of nitrogens with zero attached hydrogens (tertiary/aromatic N) is 1. The van der Waals surface area contributed by atoms with Crippen LogP contribution in [0, 0.1) is 11.8 Å². The molecule has 3 heterocycles. The Labute approximate surface area is 115 Å². The third kappa shape index (κ3) is 1.30. The first-order valence-electron chi connectivity index (χ1n) is 6.57. The number of carbonyl (C=O) groups excluding carboxylic acids is 2. The van der Waals surface area contributed by atoms with Crippen LogP contribution in [-0.2, 0) is 14.3 Å². The van der Waals surface area contributed by atoms with E-state index in [1.807, 2.05) is 18.2 Å². The van der Waals surface area contributed by atoms with E-state index in [2.05, 4.69) is 0 Å². The molecule has 3 aliphatic heterocycles. The Balaban J connectivity index is 1.78. The van der Waals surface area contributed by atoms with E-state index >= 15 is 0 Å². The van der Waals surface area contributed by atoms with Gasteiger partial charge in [-0.15, -0.1) is 0 Å². The average molecular weight is 271 g/mol. The second kappa shape index (κ2) is 3.93. The number of fused-ring (bicyclic) bond motifs is 5. The quantitative estimate of drug-likeness (QED) is 0.598. The van der Waals surface area contributed by atoms with Gasteiger partial charge in [0.15, 0.2) is 0 Å². The van der Waals surface area contributed by atoms with Crippen molar-refractivity contribution in [3.63, 3.8) is 0 Å². The zero-order chi connectivity index (χ0) is 13.9. The van der Waals surface area contributed by atoms with Crippen LogP contribution in [0.4, 0.5) is 5.69 Å². The summed E-state index contributed by atoms with van der Waals surface area (Å²) in [5, 5.41) is 0. The molecule has 0 unspecified atom stereocenters. The third-order valence-electron chi connectivity index (χ3n) is 4.24. The Morgan fingerprint density at radius 1 is 1.05 bits per heavy atom. The van der Waals surface area contributed by atoms with E-state index in [1.165, 1.54) is 12.0 Å². The molecule has 4 rings (SSSR count). The smallest absolute Gasteiger partial charge is 0.240 e. The molecule has 5 heteroatoms. The Bertz CT molecular complexity index is 609. The van der Waals surface area contributed by atoms with E-state index in [0.29, 0.717) is 11.4 Å². The summed E-state index contributed by atoms with van der Waals surface area (Å²) in [6.07, 6.45) is 3.23. The zero-order valence-corrected chi connectivity index (χ0v) is 10.9. The molecule has 102 valence electrons.